The van der Waals surface area contributed by atoms with Crippen LogP contribution < -0.4 is 0 Å². The molecule has 1 saturated heterocycles. The monoisotopic (exact) mass is 297 g/mol. The zero-order valence-electron chi connectivity index (χ0n) is 13.7. The Balaban J connectivity index is 2.91. The number of ether oxygens (including phenoxy) is 3. The zero-order chi connectivity index (χ0) is 16.3. The summed E-state index contributed by atoms with van der Waals surface area (Å²) in [5.74, 6) is -0.691. The summed E-state index contributed by atoms with van der Waals surface area (Å²) in [7, 11) is 0. The van der Waals surface area contributed by atoms with E-state index in [1.807, 2.05) is 34.6 Å². The highest BCUT2D eigenvalue weighted by Crippen LogP contribution is 2.27. The van der Waals surface area contributed by atoms with Crippen molar-refractivity contribution in [3.05, 3.63) is 25.3 Å². The minimum Gasteiger partial charge on any atom is -0.444 e. The van der Waals surface area contributed by atoms with Gasteiger partial charge in [0.2, 0.25) is 0 Å². The molecule has 0 saturated carbocycles. The molecule has 0 radical (unpaired) electrons. The Hall–Kier alpha value is -1.33. The van der Waals surface area contributed by atoms with E-state index in [1.165, 1.54) is 0 Å². The molecule has 1 fully saturated rings. The molecule has 0 N–H and O–H groups in total. The molecule has 120 valence electrons. The lowest BCUT2D eigenvalue weighted by Crippen LogP contribution is -2.57. The maximum absolute atomic E-state index is 12.4. The molecule has 1 aliphatic heterocycles. The molecular weight excluding hydrogens is 270 g/mol. The molecule has 1 aliphatic rings. The van der Waals surface area contributed by atoms with E-state index in [4.69, 9.17) is 14.2 Å². The summed E-state index contributed by atoms with van der Waals surface area (Å²) in [6.07, 6.45) is 2.62. The smallest absolute Gasteiger partial charge is 0.411 e. The minimum atomic E-state index is -0.691. The van der Waals surface area contributed by atoms with E-state index in [9.17, 15) is 4.79 Å². The van der Waals surface area contributed by atoms with Crippen molar-refractivity contribution in [2.75, 3.05) is 13.2 Å². The number of carbonyl (C=O) groups is 1. The lowest BCUT2D eigenvalue weighted by atomic mass is 10.1. The highest BCUT2D eigenvalue weighted by molar-refractivity contribution is 5.69. The summed E-state index contributed by atoms with van der Waals surface area (Å²) in [5.41, 5.74) is -0.560. The topological polar surface area (TPSA) is 48.0 Å². The highest BCUT2D eigenvalue weighted by atomic mass is 16.7. The summed E-state index contributed by atoms with van der Waals surface area (Å²) in [5, 5.41) is 0. The molecule has 5 nitrogen and oxygen atoms in total. The van der Waals surface area contributed by atoms with Gasteiger partial charge in [0.25, 0.3) is 0 Å². The van der Waals surface area contributed by atoms with E-state index in [2.05, 4.69) is 13.2 Å². The van der Waals surface area contributed by atoms with Crippen molar-refractivity contribution >= 4 is 6.09 Å². The molecule has 0 unspecified atom stereocenters. The van der Waals surface area contributed by atoms with Crippen LogP contribution in [0.3, 0.4) is 0 Å². The van der Waals surface area contributed by atoms with Gasteiger partial charge >= 0.3 is 6.09 Å². The first-order chi connectivity index (χ1) is 9.59. The van der Waals surface area contributed by atoms with Gasteiger partial charge in [0.05, 0.1) is 12.6 Å². The van der Waals surface area contributed by atoms with Crippen molar-refractivity contribution in [1.29, 1.82) is 0 Å². The van der Waals surface area contributed by atoms with Gasteiger partial charge in [-0.1, -0.05) is 12.2 Å². The maximum atomic E-state index is 12.4. The number of carbonyl (C=O) groups excluding carboxylic acids is 1. The Bertz CT molecular complexity index is 398. The summed E-state index contributed by atoms with van der Waals surface area (Å²) < 4.78 is 16.9. The van der Waals surface area contributed by atoms with E-state index in [0.29, 0.717) is 13.2 Å². The molecule has 21 heavy (non-hydrogen) atoms. The largest absolute Gasteiger partial charge is 0.444 e. The van der Waals surface area contributed by atoms with Crippen molar-refractivity contribution in [2.45, 2.75) is 58.2 Å². The van der Waals surface area contributed by atoms with E-state index < -0.39 is 17.5 Å². The van der Waals surface area contributed by atoms with Crippen LogP contribution in [0.2, 0.25) is 0 Å². The Kier molecular flexibility index (Phi) is 5.59. The van der Waals surface area contributed by atoms with Crippen LogP contribution in [0.1, 0.15) is 34.6 Å². The Morgan fingerprint density at radius 2 is 2.05 bits per heavy atom. The van der Waals surface area contributed by atoms with Gasteiger partial charge in [-0.2, -0.15) is 0 Å². The van der Waals surface area contributed by atoms with E-state index in [-0.39, 0.29) is 12.1 Å². The summed E-state index contributed by atoms with van der Waals surface area (Å²) in [6.45, 7) is 17.4. The van der Waals surface area contributed by atoms with E-state index in [0.717, 1.165) is 0 Å². The van der Waals surface area contributed by atoms with Gasteiger partial charge in [0, 0.05) is 6.54 Å². The Morgan fingerprint density at radius 3 is 2.52 bits per heavy atom. The minimum absolute atomic E-state index is 0.289. The van der Waals surface area contributed by atoms with Crippen molar-refractivity contribution in [3.63, 3.8) is 0 Å². The zero-order valence-corrected chi connectivity index (χ0v) is 13.7. The van der Waals surface area contributed by atoms with Crippen LogP contribution in [0.25, 0.3) is 0 Å². The normalized spacial score (nSPS) is 25.0. The van der Waals surface area contributed by atoms with Crippen LogP contribution in [-0.4, -0.2) is 47.7 Å². The molecular formula is C16H27NO4. The second kappa shape index (κ2) is 6.62. The average molecular weight is 297 g/mol. The van der Waals surface area contributed by atoms with Crippen molar-refractivity contribution < 1.29 is 19.0 Å². The van der Waals surface area contributed by atoms with E-state index in [1.54, 1.807) is 17.1 Å². The third-order valence-electron chi connectivity index (χ3n) is 2.99. The van der Waals surface area contributed by atoms with Crippen molar-refractivity contribution in [3.8, 4) is 0 Å². The first kappa shape index (κ1) is 17.7. The Morgan fingerprint density at radius 1 is 1.43 bits per heavy atom. The van der Waals surface area contributed by atoms with Crippen LogP contribution in [0.15, 0.2) is 25.3 Å². The van der Waals surface area contributed by atoms with Gasteiger partial charge in [-0.25, -0.2) is 4.79 Å². The summed E-state index contributed by atoms with van der Waals surface area (Å²) in [6, 6.07) is -0.289. The number of rotatable bonds is 4. The lowest BCUT2D eigenvalue weighted by molar-refractivity contribution is -0.281. The summed E-state index contributed by atoms with van der Waals surface area (Å²) in [4.78, 5) is 14.0. The Labute approximate surface area is 127 Å². The van der Waals surface area contributed by atoms with Crippen LogP contribution in [0.5, 0.6) is 0 Å². The van der Waals surface area contributed by atoms with Gasteiger partial charge in [0.15, 0.2) is 5.79 Å². The number of hydrogen-bond donors (Lipinski definition) is 0. The molecule has 1 rings (SSSR count). The molecule has 0 spiro atoms. The van der Waals surface area contributed by atoms with Gasteiger partial charge in [-0.3, -0.25) is 4.90 Å². The molecule has 0 aromatic rings. The average Bonchev–Trinajstić information content (AvgIpc) is 2.33. The van der Waals surface area contributed by atoms with Crippen molar-refractivity contribution in [1.82, 2.24) is 4.90 Å². The highest BCUT2D eigenvalue weighted by Gasteiger charge is 2.40. The predicted octanol–water partition coefficient (Wildman–Crippen LogP) is 3.12. The number of hydrogen-bond acceptors (Lipinski definition) is 4. The lowest BCUT2D eigenvalue weighted by Gasteiger charge is -2.44. The standard InChI is InChI=1S/C16H27NO4/c1-8-10-17(14(18)21-15(3,4)5)12-11-19-16(6,7)20-13(12)9-2/h8-9,12-13H,1-2,10-11H2,3-7H3/t12-,13-/m0/s1. The van der Waals surface area contributed by atoms with Gasteiger partial charge in [0.1, 0.15) is 11.7 Å². The fourth-order valence-corrected chi connectivity index (χ4v) is 2.10. The van der Waals surface area contributed by atoms with Gasteiger partial charge in [-0.15, -0.1) is 13.2 Å². The quantitative estimate of drug-likeness (QED) is 0.748. The molecule has 1 heterocycles. The van der Waals surface area contributed by atoms with Crippen LogP contribution in [0.4, 0.5) is 4.79 Å². The van der Waals surface area contributed by atoms with Crippen LogP contribution >= 0.6 is 0 Å². The molecule has 5 heteroatoms. The van der Waals surface area contributed by atoms with Crippen LogP contribution in [-0.2, 0) is 14.2 Å². The van der Waals surface area contributed by atoms with Gasteiger partial charge < -0.3 is 14.2 Å². The molecule has 0 aliphatic carbocycles. The molecule has 0 aromatic carbocycles. The fraction of sp³-hybridized carbons (Fsp3) is 0.688. The molecule has 2 atom stereocenters. The first-order valence-electron chi connectivity index (χ1n) is 7.14. The first-order valence-corrected chi connectivity index (χ1v) is 7.14. The third kappa shape index (κ3) is 5.17. The molecule has 1 amide bonds. The number of nitrogens with zero attached hydrogens (tertiary/aromatic N) is 1. The second-order valence-electron chi connectivity index (χ2n) is 6.52. The molecule has 0 aromatic heterocycles. The predicted molar refractivity (Wildman–Crippen MR) is 82.0 cm³/mol. The second-order valence-corrected chi connectivity index (χ2v) is 6.52. The number of amides is 1. The maximum Gasteiger partial charge on any atom is 0.411 e. The summed E-state index contributed by atoms with van der Waals surface area (Å²) >= 11 is 0. The van der Waals surface area contributed by atoms with E-state index >= 15 is 0 Å². The third-order valence-corrected chi connectivity index (χ3v) is 2.99. The van der Waals surface area contributed by atoms with Crippen molar-refractivity contribution in [2.24, 2.45) is 0 Å². The SMILES string of the molecule is C=CCN(C(=O)OC(C)(C)C)[C@H]1COC(C)(C)O[C@H]1C=C. The fourth-order valence-electron chi connectivity index (χ4n) is 2.10. The molecule has 0 bridgehead atoms. The van der Waals surface area contributed by atoms with Gasteiger partial charge in [-0.05, 0) is 34.6 Å². The van der Waals surface area contributed by atoms with Crippen LogP contribution in [0, 0.1) is 0 Å².